The van der Waals surface area contributed by atoms with Gasteiger partial charge >= 0.3 is 0 Å². The highest BCUT2D eigenvalue weighted by Gasteiger charge is 2.23. The van der Waals surface area contributed by atoms with Gasteiger partial charge in [-0.05, 0) is 43.7 Å². The third kappa shape index (κ3) is 5.57. The molecule has 0 radical (unpaired) electrons. The molecular weight excluding hydrogens is 364 g/mol. The topological polar surface area (TPSA) is 62.6 Å². The van der Waals surface area contributed by atoms with Gasteiger partial charge in [0.25, 0.3) is 0 Å². The number of nitrogens with zero attached hydrogens (tertiary/aromatic N) is 1. The van der Waals surface area contributed by atoms with Gasteiger partial charge < -0.3 is 14.6 Å². The molecule has 0 saturated carbocycles. The number of carbonyl (C=O) groups is 2. The van der Waals surface area contributed by atoms with Crippen molar-refractivity contribution in [1.29, 1.82) is 0 Å². The predicted molar refractivity (Wildman–Crippen MR) is 113 cm³/mol. The lowest BCUT2D eigenvalue weighted by Crippen LogP contribution is -2.35. The molecule has 2 amide bonds. The first-order valence-electron chi connectivity index (χ1n) is 9.65. The van der Waals surface area contributed by atoms with E-state index < -0.39 is 6.04 Å². The summed E-state index contributed by atoms with van der Waals surface area (Å²) in [4.78, 5) is 26.8. The average Bonchev–Trinajstić information content (AvgIpc) is 3.20. The lowest BCUT2D eigenvalue weighted by atomic mass is 10.0. The first-order valence-corrected chi connectivity index (χ1v) is 9.65. The summed E-state index contributed by atoms with van der Waals surface area (Å²) in [6, 6.07) is 18.9. The average molecular weight is 390 g/mol. The lowest BCUT2D eigenvalue weighted by Gasteiger charge is -2.25. The van der Waals surface area contributed by atoms with E-state index in [-0.39, 0.29) is 18.2 Å². The predicted octanol–water partition coefficient (Wildman–Crippen LogP) is 4.70. The van der Waals surface area contributed by atoms with Crippen LogP contribution in [-0.2, 0) is 16.1 Å². The van der Waals surface area contributed by atoms with Crippen LogP contribution >= 0.6 is 0 Å². The van der Waals surface area contributed by atoms with E-state index in [1.807, 2.05) is 68.4 Å². The van der Waals surface area contributed by atoms with Crippen molar-refractivity contribution in [3.05, 3.63) is 89.4 Å². The zero-order chi connectivity index (χ0) is 20.8. The minimum Gasteiger partial charge on any atom is -0.467 e. The maximum Gasteiger partial charge on any atom is 0.229 e. The number of hydrogen-bond donors (Lipinski definition) is 1. The van der Waals surface area contributed by atoms with Crippen LogP contribution in [0.15, 0.2) is 71.3 Å². The molecule has 0 aliphatic rings. The van der Waals surface area contributed by atoms with Crippen LogP contribution in [0.2, 0.25) is 0 Å². The first-order chi connectivity index (χ1) is 13.9. The molecule has 3 aromatic rings. The molecule has 1 heterocycles. The van der Waals surface area contributed by atoms with Crippen LogP contribution in [0.3, 0.4) is 0 Å². The van der Waals surface area contributed by atoms with Crippen LogP contribution < -0.4 is 10.2 Å². The second-order valence-corrected chi connectivity index (χ2v) is 7.26. The molecule has 29 heavy (non-hydrogen) atoms. The Hall–Kier alpha value is -3.34. The van der Waals surface area contributed by atoms with E-state index in [4.69, 9.17) is 4.42 Å². The number of aryl methyl sites for hydroxylation is 2. The van der Waals surface area contributed by atoms with Gasteiger partial charge in [-0.15, -0.1) is 0 Å². The Kier molecular flexibility index (Phi) is 6.50. The molecule has 0 spiro atoms. The van der Waals surface area contributed by atoms with Crippen LogP contribution in [0.4, 0.5) is 5.69 Å². The van der Waals surface area contributed by atoms with E-state index in [0.29, 0.717) is 12.3 Å². The molecule has 150 valence electrons. The van der Waals surface area contributed by atoms with Gasteiger partial charge in [0.05, 0.1) is 25.3 Å². The van der Waals surface area contributed by atoms with E-state index in [1.54, 1.807) is 17.2 Å². The van der Waals surface area contributed by atoms with Crippen LogP contribution in [0.5, 0.6) is 0 Å². The van der Waals surface area contributed by atoms with Crippen LogP contribution in [0, 0.1) is 13.8 Å². The highest BCUT2D eigenvalue weighted by molar-refractivity contribution is 5.94. The van der Waals surface area contributed by atoms with Gasteiger partial charge in [0.15, 0.2) is 0 Å². The normalized spacial score (nSPS) is 11.7. The number of rotatable bonds is 7. The fourth-order valence-corrected chi connectivity index (χ4v) is 3.19. The molecule has 1 atom stereocenters. The van der Waals surface area contributed by atoms with Crippen LogP contribution in [0.1, 0.15) is 41.8 Å². The second kappa shape index (κ2) is 9.24. The maximum absolute atomic E-state index is 13.3. The largest absolute Gasteiger partial charge is 0.467 e. The molecule has 1 aromatic heterocycles. The van der Waals surface area contributed by atoms with Gasteiger partial charge in [0, 0.05) is 12.6 Å². The summed E-state index contributed by atoms with van der Waals surface area (Å²) in [5.74, 6) is 0.436. The Morgan fingerprint density at radius 2 is 1.59 bits per heavy atom. The smallest absolute Gasteiger partial charge is 0.229 e. The fourth-order valence-electron chi connectivity index (χ4n) is 3.19. The Morgan fingerprint density at radius 1 is 0.966 bits per heavy atom. The SMILES string of the molecule is CC(=O)NC(CC(=O)N(Cc1ccco1)c1ccc(C)cc1)c1ccc(C)cc1. The molecule has 0 saturated heterocycles. The van der Waals surface area contributed by atoms with E-state index in [1.165, 1.54) is 6.92 Å². The Labute approximate surface area is 171 Å². The van der Waals surface area contributed by atoms with Crippen molar-refractivity contribution < 1.29 is 14.0 Å². The second-order valence-electron chi connectivity index (χ2n) is 7.26. The number of anilines is 1. The van der Waals surface area contributed by atoms with Crippen molar-refractivity contribution in [2.75, 3.05) is 4.90 Å². The van der Waals surface area contributed by atoms with Crippen LogP contribution in [-0.4, -0.2) is 11.8 Å². The van der Waals surface area contributed by atoms with Gasteiger partial charge in [-0.1, -0.05) is 47.5 Å². The number of hydrogen-bond acceptors (Lipinski definition) is 3. The molecule has 0 aliphatic heterocycles. The lowest BCUT2D eigenvalue weighted by molar-refractivity contribution is -0.121. The van der Waals surface area contributed by atoms with Crippen molar-refractivity contribution in [3.63, 3.8) is 0 Å². The van der Waals surface area contributed by atoms with Crippen LogP contribution in [0.25, 0.3) is 0 Å². The summed E-state index contributed by atoms with van der Waals surface area (Å²) in [6.45, 7) is 5.80. The third-order valence-electron chi connectivity index (χ3n) is 4.78. The van der Waals surface area contributed by atoms with E-state index in [2.05, 4.69) is 5.32 Å². The van der Waals surface area contributed by atoms with Crippen molar-refractivity contribution >= 4 is 17.5 Å². The minimum absolute atomic E-state index is 0.0930. The number of furan rings is 1. The summed E-state index contributed by atoms with van der Waals surface area (Å²) < 4.78 is 5.46. The Balaban J connectivity index is 1.86. The van der Waals surface area contributed by atoms with Gasteiger partial charge in [-0.2, -0.15) is 0 Å². The third-order valence-corrected chi connectivity index (χ3v) is 4.78. The van der Waals surface area contributed by atoms with Crippen molar-refractivity contribution in [2.45, 2.75) is 39.8 Å². The summed E-state index contributed by atoms with van der Waals surface area (Å²) in [5.41, 5.74) is 3.94. The van der Waals surface area contributed by atoms with Gasteiger partial charge in [-0.3, -0.25) is 9.59 Å². The number of amides is 2. The van der Waals surface area contributed by atoms with E-state index >= 15 is 0 Å². The van der Waals surface area contributed by atoms with E-state index in [9.17, 15) is 9.59 Å². The monoisotopic (exact) mass is 390 g/mol. The molecule has 5 heteroatoms. The Bertz CT molecular complexity index is 945. The minimum atomic E-state index is -0.398. The van der Waals surface area contributed by atoms with Crippen molar-refractivity contribution in [2.24, 2.45) is 0 Å². The summed E-state index contributed by atoms with van der Waals surface area (Å²) >= 11 is 0. The summed E-state index contributed by atoms with van der Waals surface area (Å²) in [6.07, 6.45) is 1.75. The first kappa shape index (κ1) is 20.4. The Morgan fingerprint density at radius 3 is 2.14 bits per heavy atom. The van der Waals surface area contributed by atoms with Gasteiger partial charge in [0.2, 0.25) is 11.8 Å². The highest BCUT2D eigenvalue weighted by Crippen LogP contribution is 2.24. The molecule has 2 aromatic carbocycles. The van der Waals surface area contributed by atoms with E-state index in [0.717, 1.165) is 22.4 Å². The quantitative estimate of drug-likeness (QED) is 0.636. The standard InChI is InChI=1S/C24H26N2O3/c1-17-6-10-20(11-7-17)23(25-19(3)27)15-24(28)26(16-22-5-4-14-29-22)21-12-8-18(2)9-13-21/h4-14,23H,15-16H2,1-3H3,(H,25,27). The summed E-state index contributed by atoms with van der Waals surface area (Å²) in [7, 11) is 0. The highest BCUT2D eigenvalue weighted by atomic mass is 16.3. The zero-order valence-corrected chi connectivity index (χ0v) is 17.0. The summed E-state index contributed by atoms with van der Waals surface area (Å²) in [5, 5.41) is 2.91. The fraction of sp³-hybridized carbons (Fsp3) is 0.250. The molecule has 3 rings (SSSR count). The molecular formula is C24H26N2O3. The van der Waals surface area contributed by atoms with Crippen molar-refractivity contribution in [3.8, 4) is 0 Å². The molecule has 1 N–H and O–H groups in total. The number of benzene rings is 2. The molecule has 0 bridgehead atoms. The van der Waals surface area contributed by atoms with Gasteiger partial charge in [-0.25, -0.2) is 0 Å². The molecule has 1 unspecified atom stereocenters. The number of nitrogens with one attached hydrogen (secondary N) is 1. The zero-order valence-electron chi connectivity index (χ0n) is 17.0. The molecule has 5 nitrogen and oxygen atoms in total. The molecule has 0 fully saturated rings. The van der Waals surface area contributed by atoms with Crippen molar-refractivity contribution in [1.82, 2.24) is 5.32 Å². The molecule has 0 aliphatic carbocycles. The van der Waals surface area contributed by atoms with Gasteiger partial charge in [0.1, 0.15) is 5.76 Å². The maximum atomic E-state index is 13.3. The number of carbonyl (C=O) groups excluding carboxylic acids is 2.